The van der Waals surface area contributed by atoms with Gasteiger partial charge in [0.25, 0.3) is 0 Å². The van der Waals surface area contributed by atoms with E-state index in [1.807, 2.05) is 6.92 Å². The number of ether oxygens (including phenoxy) is 1. The van der Waals surface area contributed by atoms with Crippen molar-refractivity contribution in [3.63, 3.8) is 0 Å². The summed E-state index contributed by atoms with van der Waals surface area (Å²) in [4.78, 5) is 0. The Morgan fingerprint density at radius 3 is 2.92 bits per heavy atom. The minimum atomic E-state index is 0.211. The molecule has 1 aromatic carbocycles. The summed E-state index contributed by atoms with van der Waals surface area (Å²) in [5.41, 5.74) is 3.78. The molecular formula is C12H14O. The van der Waals surface area contributed by atoms with Crippen LogP contribution in [0.3, 0.4) is 0 Å². The van der Waals surface area contributed by atoms with Gasteiger partial charge in [0, 0.05) is 13.0 Å². The second kappa shape index (κ2) is 3.35. The van der Waals surface area contributed by atoms with Crippen LogP contribution in [-0.4, -0.2) is 12.7 Å². The fraction of sp³-hybridized carbons (Fsp3) is 0.333. The predicted octanol–water partition coefficient (Wildman–Crippen LogP) is 2.66. The molecule has 1 atom stereocenters. The standard InChI is InChI=1S/C12H14O/c1-3-13-12-8-10-6-4-5-7-11(10)9(12)2/h4-7,12H,2-3,8H2,1H3. The minimum absolute atomic E-state index is 0.211. The lowest BCUT2D eigenvalue weighted by molar-refractivity contribution is 0.107. The van der Waals surface area contributed by atoms with Crippen LogP contribution >= 0.6 is 0 Å². The molecule has 1 aliphatic carbocycles. The Morgan fingerprint density at radius 1 is 1.46 bits per heavy atom. The van der Waals surface area contributed by atoms with E-state index in [9.17, 15) is 0 Å². The van der Waals surface area contributed by atoms with E-state index in [4.69, 9.17) is 4.74 Å². The van der Waals surface area contributed by atoms with Crippen LogP contribution in [-0.2, 0) is 11.2 Å². The summed E-state index contributed by atoms with van der Waals surface area (Å²) in [5, 5.41) is 0. The molecule has 1 aromatic rings. The van der Waals surface area contributed by atoms with Gasteiger partial charge in [-0.2, -0.15) is 0 Å². The van der Waals surface area contributed by atoms with E-state index in [2.05, 4.69) is 30.8 Å². The summed E-state index contributed by atoms with van der Waals surface area (Å²) < 4.78 is 5.60. The molecule has 68 valence electrons. The maximum Gasteiger partial charge on any atom is 0.0865 e. The molecule has 0 N–H and O–H groups in total. The Bertz CT molecular complexity index is 328. The van der Waals surface area contributed by atoms with Gasteiger partial charge in [-0.1, -0.05) is 30.8 Å². The average molecular weight is 174 g/mol. The largest absolute Gasteiger partial charge is 0.373 e. The van der Waals surface area contributed by atoms with E-state index in [-0.39, 0.29) is 6.10 Å². The molecule has 1 aliphatic rings. The van der Waals surface area contributed by atoms with Crippen molar-refractivity contribution in [1.82, 2.24) is 0 Å². The van der Waals surface area contributed by atoms with Gasteiger partial charge in [0.1, 0.15) is 0 Å². The number of hydrogen-bond donors (Lipinski definition) is 0. The van der Waals surface area contributed by atoms with Gasteiger partial charge < -0.3 is 4.74 Å². The number of benzene rings is 1. The molecule has 0 saturated heterocycles. The third kappa shape index (κ3) is 1.40. The van der Waals surface area contributed by atoms with Crippen molar-refractivity contribution in [1.29, 1.82) is 0 Å². The van der Waals surface area contributed by atoms with Crippen LogP contribution in [0.15, 0.2) is 30.8 Å². The highest BCUT2D eigenvalue weighted by Crippen LogP contribution is 2.32. The molecule has 0 aliphatic heterocycles. The van der Waals surface area contributed by atoms with Crippen LogP contribution in [0, 0.1) is 0 Å². The number of rotatable bonds is 2. The minimum Gasteiger partial charge on any atom is -0.373 e. The normalized spacial score (nSPS) is 20.4. The molecule has 2 rings (SSSR count). The highest BCUT2D eigenvalue weighted by molar-refractivity contribution is 5.74. The summed E-state index contributed by atoms with van der Waals surface area (Å²) >= 11 is 0. The molecule has 1 unspecified atom stereocenters. The van der Waals surface area contributed by atoms with Gasteiger partial charge in [0.2, 0.25) is 0 Å². The van der Waals surface area contributed by atoms with E-state index in [0.717, 1.165) is 18.6 Å². The molecule has 0 heterocycles. The van der Waals surface area contributed by atoms with Crippen molar-refractivity contribution < 1.29 is 4.74 Å². The Hall–Kier alpha value is -1.08. The van der Waals surface area contributed by atoms with Crippen molar-refractivity contribution in [3.05, 3.63) is 42.0 Å². The SMILES string of the molecule is C=C1c2ccccc2CC1OCC. The Kier molecular flexibility index (Phi) is 2.19. The fourth-order valence-electron chi connectivity index (χ4n) is 1.87. The predicted molar refractivity (Wildman–Crippen MR) is 54.6 cm³/mol. The molecule has 0 amide bonds. The molecule has 0 spiro atoms. The third-order valence-electron chi connectivity index (χ3n) is 2.53. The van der Waals surface area contributed by atoms with Gasteiger partial charge in [0.05, 0.1) is 6.10 Å². The van der Waals surface area contributed by atoms with Crippen molar-refractivity contribution in [2.24, 2.45) is 0 Å². The van der Waals surface area contributed by atoms with E-state index in [1.54, 1.807) is 0 Å². The van der Waals surface area contributed by atoms with Crippen LogP contribution in [0.4, 0.5) is 0 Å². The van der Waals surface area contributed by atoms with Gasteiger partial charge in [0.15, 0.2) is 0 Å². The average Bonchev–Trinajstić information content (AvgIpc) is 2.46. The fourth-order valence-corrected chi connectivity index (χ4v) is 1.87. The number of hydrogen-bond acceptors (Lipinski definition) is 1. The Balaban J connectivity index is 2.28. The highest BCUT2D eigenvalue weighted by Gasteiger charge is 2.24. The van der Waals surface area contributed by atoms with Crippen LogP contribution < -0.4 is 0 Å². The van der Waals surface area contributed by atoms with E-state index >= 15 is 0 Å². The maximum atomic E-state index is 5.60. The summed E-state index contributed by atoms with van der Waals surface area (Å²) in [6, 6.07) is 8.40. The van der Waals surface area contributed by atoms with E-state index in [1.165, 1.54) is 11.1 Å². The summed E-state index contributed by atoms with van der Waals surface area (Å²) in [6.07, 6.45) is 1.20. The monoisotopic (exact) mass is 174 g/mol. The summed E-state index contributed by atoms with van der Waals surface area (Å²) in [6.45, 7) is 6.86. The van der Waals surface area contributed by atoms with Crippen LogP contribution in [0.25, 0.3) is 5.57 Å². The lowest BCUT2D eigenvalue weighted by atomic mass is 10.1. The van der Waals surface area contributed by atoms with Crippen LogP contribution in [0.1, 0.15) is 18.1 Å². The van der Waals surface area contributed by atoms with Gasteiger partial charge >= 0.3 is 0 Å². The lowest BCUT2D eigenvalue weighted by Gasteiger charge is -2.10. The molecule has 13 heavy (non-hydrogen) atoms. The van der Waals surface area contributed by atoms with Gasteiger partial charge in [-0.15, -0.1) is 0 Å². The van der Waals surface area contributed by atoms with Crippen LogP contribution in [0.2, 0.25) is 0 Å². The first-order valence-corrected chi connectivity index (χ1v) is 4.71. The van der Waals surface area contributed by atoms with Crippen molar-refractivity contribution in [3.8, 4) is 0 Å². The molecule has 0 saturated carbocycles. The zero-order valence-corrected chi connectivity index (χ0v) is 7.92. The second-order valence-corrected chi connectivity index (χ2v) is 3.33. The molecule has 1 heteroatoms. The molecule has 0 aromatic heterocycles. The quantitative estimate of drug-likeness (QED) is 0.669. The lowest BCUT2D eigenvalue weighted by Crippen LogP contribution is -2.10. The molecule has 1 nitrogen and oxygen atoms in total. The van der Waals surface area contributed by atoms with Gasteiger partial charge in [-0.05, 0) is 23.6 Å². The Labute approximate surface area is 79.0 Å². The van der Waals surface area contributed by atoms with Crippen molar-refractivity contribution in [2.45, 2.75) is 19.4 Å². The molecule has 0 radical (unpaired) electrons. The Morgan fingerprint density at radius 2 is 2.23 bits per heavy atom. The zero-order valence-electron chi connectivity index (χ0n) is 7.92. The first-order chi connectivity index (χ1) is 6.33. The molecular weight excluding hydrogens is 160 g/mol. The summed E-state index contributed by atoms with van der Waals surface area (Å²) in [7, 11) is 0. The topological polar surface area (TPSA) is 9.23 Å². The maximum absolute atomic E-state index is 5.60. The van der Waals surface area contributed by atoms with E-state index in [0.29, 0.717) is 0 Å². The van der Waals surface area contributed by atoms with Gasteiger partial charge in [-0.25, -0.2) is 0 Å². The zero-order chi connectivity index (χ0) is 9.26. The first-order valence-electron chi connectivity index (χ1n) is 4.71. The van der Waals surface area contributed by atoms with E-state index < -0.39 is 0 Å². The second-order valence-electron chi connectivity index (χ2n) is 3.33. The van der Waals surface area contributed by atoms with Crippen molar-refractivity contribution in [2.75, 3.05) is 6.61 Å². The highest BCUT2D eigenvalue weighted by atomic mass is 16.5. The molecule has 0 bridgehead atoms. The van der Waals surface area contributed by atoms with Gasteiger partial charge in [-0.3, -0.25) is 0 Å². The van der Waals surface area contributed by atoms with Crippen LogP contribution in [0.5, 0.6) is 0 Å². The number of fused-ring (bicyclic) bond motifs is 1. The first kappa shape index (κ1) is 8.52. The smallest absolute Gasteiger partial charge is 0.0865 e. The third-order valence-corrected chi connectivity index (χ3v) is 2.53. The summed E-state index contributed by atoms with van der Waals surface area (Å²) in [5.74, 6) is 0. The molecule has 0 fully saturated rings. The van der Waals surface area contributed by atoms with Crippen molar-refractivity contribution >= 4 is 5.57 Å².